The molecule has 2 unspecified atom stereocenters. The van der Waals surface area contributed by atoms with Crippen molar-refractivity contribution in [3.63, 3.8) is 0 Å². The largest absolute Gasteiger partial charge is 0.756 e. The molecule has 0 radical (unpaired) electrons. The number of hydrogen-bond acceptors (Lipinski definition) is 8. The molecule has 0 fully saturated rings. The Labute approximate surface area is 431 Å². The van der Waals surface area contributed by atoms with Gasteiger partial charge in [-0.1, -0.05) is 222 Å². The molecule has 0 aliphatic heterocycles. The summed E-state index contributed by atoms with van der Waals surface area (Å²) in [5, 5.41) is 0. The molecule has 0 amide bonds. The fourth-order valence-corrected chi connectivity index (χ4v) is 8.52. The third kappa shape index (κ3) is 54.8. The number of phosphoric ester groups is 1. The number of allylic oxidation sites excluding steroid dienone is 12. The van der Waals surface area contributed by atoms with Gasteiger partial charge in [-0.15, -0.1) is 0 Å². The average Bonchev–Trinajstić information content (AvgIpc) is 3.32. The maximum absolute atomic E-state index is 12.8. The highest BCUT2D eigenvalue weighted by atomic mass is 31.2. The summed E-state index contributed by atoms with van der Waals surface area (Å²) < 4.78 is 34.1. The number of hydrogen-bond donors (Lipinski definition) is 0. The second-order valence-electron chi connectivity index (χ2n) is 20.3. The Morgan fingerprint density at radius 1 is 0.457 bits per heavy atom. The van der Waals surface area contributed by atoms with Crippen LogP contribution in [0.25, 0.3) is 0 Å². The average molecular weight is 1000 g/mol. The van der Waals surface area contributed by atoms with E-state index in [-0.39, 0.29) is 26.1 Å². The zero-order chi connectivity index (χ0) is 51.3. The number of phosphoric acid groups is 1. The molecule has 70 heavy (non-hydrogen) atoms. The molecule has 0 aromatic rings. The first kappa shape index (κ1) is 67.5. The highest BCUT2D eigenvalue weighted by Crippen LogP contribution is 2.38. The van der Waals surface area contributed by atoms with Crippen molar-refractivity contribution in [2.24, 2.45) is 0 Å². The number of carbonyl (C=O) groups excluding carboxylic acids is 2. The molecule has 0 aliphatic rings. The van der Waals surface area contributed by atoms with E-state index in [0.29, 0.717) is 23.9 Å². The normalized spacial score (nSPS) is 13.9. The van der Waals surface area contributed by atoms with E-state index in [9.17, 15) is 19.0 Å². The summed E-state index contributed by atoms with van der Waals surface area (Å²) in [4.78, 5) is 37.8. The minimum Gasteiger partial charge on any atom is -0.756 e. The third-order valence-corrected chi connectivity index (χ3v) is 13.2. The Bertz CT molecular complexity index is 1410. The van der Waals surface area contributed by atoms with Crippen LogP contribution in [0.5, 0.6) is 0 Å². The molecule has 406 valence electrons. The molecule has 9 nitrogen and oxygen atoms in total. The molecule has 0 aromatic carbocycles. The Morgan fingerprint density at radius 3 is 1.21 bits per heavy atom. The van der Waals surface area contributed by atoms with Gasteiger partial charge in [-0.2, -0.15) is 0 Å². The van der Waals surface area contributed by atoms with E-state index < -0.39 is 32.5 Å². The molecular weight excluding hydrogens is 894 g/mol. The maximum Gasteiger partial charge on any atom is 0.306 e. The Hall–Kier alpha value is -2.55. The minimum absolute atomic E-state index is 0.0359. The molecule has 0 aliphatic carbocycles. The summed E-state index contributed by atoms with van der Waals surface area (Å²) in [6.07, 6.45) is 66.7. The van der Waals surface area contributed by atoms with Crippen LogP contribution in [0.4, 0.5) is 0 Å². The number of unbranched alkanes of at least 4 members (excludes halogenated alkanes) is 26. The van der Waals surface area contributed by atoms with E-state index in [0.717, 1.165) is 83.5 Å². The van der Waals surface area contributed by atoms with Crippen molar-refractivity contribution in [3.05, 3.63) is 72.9 Å². The van der Waals surface area contributed by atoms with Crippen LogP contribution in [-0.4, -0.2) is 70.0 Å². The molecule has 0 aromatic heterocycles. The maximum atomic E-state index is 12.8. The number of carbonyl (C=O) groups is 2. The van der Waals surface area contributed by atoms with E-state index in [1.54, 1.807) is 0 Å². The molecule has 0 spiro atoms. The lowest BCUT2D eigenvalue weighted by atomic mass is 10.0. The fraction of sp³-hybridized carbons (Fsp3) is 0.767. The molecule has 0 N–H and O–H groups in total. The number of nitrogens with zero attached hydrogens (tertiary/aromatic N) is 1. The molecule has 0 saturated carbocycles. The number of likely N-dealkylation sites (N-methyl/N-ethyl adjacent to an activating group) is 1. The van der Waals surface area contributed by atoms with Crippen LogP contribution in [0.3, 0.4) is 0 Å². The van der Waals surface area contributed by atoms with E-state index in [1.807, 2.05) is 21.1 Å². The monoisotopic (exact) mass is 1000 g/mol. The van der Waals surface area contributed by atoms with Gasteiger partial charge >= 0.3 is 11.9 Å². The molecule has 2 atom stereocenters. The lowest BCUT2D eigenvalue weighted by Crippen LogP contribution is -2.37. The van der Waals surface area contributed by atoms with E-state index in [1.165, 1.54) is 122 Å². The fourth-order valence-electron chi connectivity index (χ4n) is 7.80. The zero-order valence-corrected chi connectivity index (χ0v) is 46.8. The van der Waals surface area contributed by atoms with Gasteiger partial charge in [0.1, 0.15) is 19.8 Å². The van der Waals surface area contributed by atoms with Crippen LogP contribution in [0, 0.1) is 0 Å². The van der Waals surface area contributed by atoms with Crippen LogP contribution in [0.2, 0.25) is 0 Å². The van der Waals surface area contributed by atoms with Crippen molar-refractivity contribution < 1.29 is 42.1 Å². The van der Waals surface area contributed by atoms with Gasteiger partial charge in [0, 0.05) is 12.8 Å². The summed E-state index contributed by atoms with van der Waals surface area (Å²) in [5.74, 6) is -0.851. The van der Waals surface area contributed by atoms with Crippen molar-refractivity contribution >= 4 is 19.8 Å². The molecule has 0 saturated heterocycles. The lowest BCUT2D eigenvalue weighted by molar-refractivity contribution is -0.870. The van der Waals surface area contributed by atoms with Crippen LogP contribution in [0.15, 0.2) is 72.9 Å². The van der Waals surface area contributed by atoms with Gasteiger partial charge in [-0.3, -0.25) is 14.2 Å². The van der Waals surface area contributed by atoms with Gasteiger partial charge in [0.2, 0.25) is 0 Å². The van der Waals surface area contributed by atoms with Crippen molar-refractivity contribution in [2.75, 3.05) is 47.5 Å². The van der Waals surface area contributed by atoms with Crippen LogP contribution in [-0.2, 0) is 32.7 Å². The van der Waals surface area contributed by atoms with Crippen molar-refractivity contribution in [2.45, 2.75) is 251 Å². The van der Waals surface area contributed by atoms with Crippen LogP contribution in [0.1, 0.15) is 245 Å². The van der Waals surface area contributed by atoms with Crippen LogP contribution < -0.4 is 4.89 Å². The zero-order valence-electron chi connectivity index (χ0n) is 46.0. The van der Waals surface area contributed by atoms with E-state index in [2.05, 4.69) is 86.8 Å². The first-order chi connectivity index (χ1) is 34.0. The molecule has 0 bridgehead atoms. The number of quaternary nitrogens is 1. The highest BCUT2D eigenvalue weighted by molar-refractivity contribution is 7.45. The van der Waals surface area contributed by atoms with Crippen LogP contribution >= 0.6 is 7.82 Å². The minimum atomic E-state index is -4.64. The number of esters is 2. The number of ether oxygens (including phenoxy) is 2. The first-order valence-corrected chi connectivity index (χ1v) is 30.1. The van der Waals surface area contributed by atoms with Gasteiger partial charge < -0.3 is 27.9 Å². The predicted octanol–water partition coefficient (Wildman–Crippen LogP) is 17.1. The summed E-state index contributed by atoms with van der Waals surface area (Å²) in [6, 6.07) is 0. The van der Waals surface area contributed by atoms with Gasteiger partial charge in [0.25, 0.3) is 7.82 Å². The number of rotatable bonds is 52. The smallest absolute Gasteiger partial charge is 0.306 e. The van der Waals surface area contributed by atoms with Gasteiger partial charge in [-0.05, 0) is 83.5 Å². The Kier molecular flexibility index (Phi) is 49.5. The van der Waals surface area contributed by atoms with Gasteiger partial charge in [0.15, 0.2) is 6.10 Å². The predicted molar refractivity (Wildman–Crippen MR) is 296 cm³/mol. The molecule has 10 heteroatoms. The van der Waals surface area contributed by atoms with Gasteiger partial charge in [-0.25, -0.2) is 0 Å². The summed E-state index contributed by atoms with van der Waals surface area (Å²) >= 11 is 0. The van der Waals surface area contributed by atoms with Gasteiger partial charge in [0.05, 0.1) is 27.7 Å². The van der Waals surface area contributed by atoms with Crippen molar-refractivity contribution in [1.82, 2.24) is 0 Å². The summed E-state index contributed by atoms with van der Waals surface area (Å²) in [7, 11) is 1.15. The first-order valence-electron chi connectivity index (χ1n) is 28.6. The van der Waals surface area contributed by atoms with Crippen molar-refractivity contribution in [3.8, 4) is 0 Å². The molecule has 0 heterocycles. The molecule has 0 rings (SSSR count). The quantitative estimate of drug-likeness (QED) is 0.0195. The van der Waals surface area contributed by atoms with E-state index >= 15 is 0 Å². The molecular formula is C60H108NO8P. The summed E-state index contributed by atoms with van der Waals surface area (Å²) in [6.45, 7) is 4.10. The van der Waals surface area contributed by atoms with Crippen molar-refractivity contribution in [1.29, 1.82) is 0 Å². The SMILES string of the molecule is CC/C=C\C/C=C\C/C=C\CCCCCCCC(=O)OCC(COP(=O)([O-])OCC[N+](C)(C)C)OC(=O)CCCCCCCCCCCCCCCCCC/C=C\C/C=C\C/C=C\CCCCCCC. The Morgan fingerprint density at radius 2 is 0.814 bits per heavy atom. The Balaban J connectivity index is 4.09. The standard InChI is InChI=1S/C60H108NO8P/c1-6-8-10-12-14-16-18-20-22-23-24-25-26-27-28-29-30-31-32-33-34-35-36-37-39-41-43-45-47-49-51-53-60(63)69-58(57-68-70(64,65)67-55-54-61(3,4)5)56-66-59(62)52-50-48-46-44-42-40-38-21-19-17-15-13-11-9-7-2/h9,11,15,17-18,20-21,23-24,26-27,38,58H,6-8,10,12-14,16,19,22,25,28-37,39-57H2,1-5H3/b11-9-,17-15-,20-18-,24-23-,27-26-,38-21-. The second-order valence-corrected chi connectivity index (χ2v) is 21.7. The third-order valence-electron chi connectivity index (χ3n) is 12.2. The lowest BCUT2D eigenvalue weighted by Gasteiger charge is -2.28. The van der Waals surface area contributed by atoms with E-state index in [4.69, 9.17) is 18.5 Å². The topological polar surface area (TPSA) is 111 Å². The highest BCUT2D eigenvalue weighted by Gasteiger charge is 2.21. The summed E-state index contributed by atoms with van der Waals surface area (Å²) in [5.41, 5.74) is 0. The second kappa shape index (κ2) is 51.4.